The Morgan fingerprint density at radius 1 is 1.10 bits per heavy atom. The molecule has 0 atom stereocenters. The highest BCUT2D eigenvalue weighted by Crippen LogP contribution is 2.19. The zero-order valence-electron chi connectivity index (χ0n) is 16.8. The van der Waals surface area contributed by atoms with Gasteiger partial charge in [0.2, 0.25) is 11.8 Å². The van der Waals surface area contributed by atoms with Crippen LogP contribution in [-0.2, 0) is 16.1 Å². The molecule has 0 aliphatic heterocycles. The first kappa shape index (κ1) is 20.3. The maximum absolute atomic E-state index is 12.4. The minimum absolute atomic E-state index is 0.156. The lowest BCUT2D eigenvalue weighted by atomic mass is 10.0. The van der Waals surface area contributed by atoms with Gasteiger partial charge in [-0.3, -0.25) is 19.0 Å². The molecule has 0 aliphatic carbocycles. The van der Waals surface area contributed by atoms with Gasteiger partial charge in [-0.15, -0.1) is 0 Å². The Kier molecular flexibility index (Phi) is 6.07. The molecule has 0 spiro atoms. The number of nitrogens with one attached hydrogen (secondary N) is 1. The number of nitrogens with zero attached hydrogens (tertiary/aromatic N) is 3. The van der Waals surface area contributed by atoms with Crippen molar-refractivity contribution in [2.75, 3.05) is 18.5 Å². The second-order valence-corrected chi connectivity index (χ2v) is 7.17. The first-order valence-electron chi connectivity index (χ1n) is 9.44. The van der Waals surface area contributed by atoms with Crippen LogP contribution in [0.4, 0.5) is 5.69 Å². The molecule has 0 saturated carbocycles. The van der Waals surface area contributed by atoms with Gasteiger partial charge in [-0.25, -0.2) is 4.98 Å². The number of hydrogen-bond acceptors (Lipinski definition) is 4. The van der Waals surface area contributed by atoms with Gasteiger partial charge in [-0.05, 0) is 35.7 Å². The number of para-hydroxylation sites is 1. The number of amides is 2. The van der Waals surface area contributed by atoms with Crippen LogP contribution < -0.4 is 15.8 Å². The summed E-state index contributed by atoms with van der Waals surface area (Å²) in [6.07, 6.45) is 1.34. The van der Waals surface area contributed by atoms with Gasteiger partial charge in [0.15, 0.2) is 0 Å². The van der Waals surface area contributed by atoms with Gasteiger partial charge in [-0.2, -0.15) is 0 Å². The van der Waals surface area contributed by atoms with Gasteiger partial charge in [0.1, 0.15) is 6.54 Å². The maximum Gasteiger partial charge on any atom is 0.261 e. The normalized spacial score (nSPS) is 10.9. The highest BCUT2D eigenvalue weighted by molar-refractivity contribution is 5.96. The minimum Gasteiger partial charge on any atom is -0.345 e. The molecule has 150 valence electrons. The van der Waals surface area contributed by atoms with E-state index in [1.54, 1.807) is 31.3 Å². The van der Waals surface area contributed by atoms with E-state index in [2.05, 4.69) is 24.1 Å². The van der Waals surface area contributed by atoms with E-state index in [1.807, 2.05) is 24.3 Å². The molecule has 1 N–H and O–H groups in total. The Balaban J connectivity index is 1.59. The smallest absolute Gasteiger partial charge is 0.261 e. The molecule has 1 aromatic heterocycles. The number of carbonyl (C=O) groups is 2. The van der Waals surface area contributed by atoms with Crippen molar-refractivity contribution < 1.29 is 9.59 Å². The fourth-order valence-electron chi connectivity index (χ4n) is 2.95. The van der Waals surface area contributed by atoms with E-state index >= 15 is 0 Å². The van der Waals surface area contributed by atoms with Crippen molar-refractivity contribution in [1.29, 1.82) is 0 Å². The van der Waals surface area contributed by atoms with Crippen molar-refractivity contribution in [2.24, 2.45) is 0 Å². The van der Waals surface area contributed by atoms with E-state index in [4.69, 9.17) is 0 Å². The second kappa shape index (κ2) is 8.68. The number of fused-ring (bicyclic) bond motifs is 1. The van der Waals surface area contributed by atoms with Gasteiger partial charge in [0.25, 0.3) is 5.56 Å². The van der Waals surface area contributed by atoms with Gasteiger partial charge in [-0.1, -0.05) is 38.1 Å². The zero-order chi connectivity index (χ0) is 21.0. The van der Waals surface area contributed by atoms with E-state index in [9.17, 15) is 14.4 Å². The lowest BCUT2D eigenvalue weighted by molar-refractivity contribution is -0.125. The van der Waals surface area contributed by atoms with Crippen LogP contribution in [0.2, 0.25) is 0 Å². The molecule has 0 fully saturated rings. The van der Waals surface area contributed by atoms with E-state index in [0.29, 0.717) is 16.8 Å². The Morgan fingerprint density at radius 2 is 1.79 bits per heavy atom. The Bertz CT molecular complexity index is 1090. The SMILES string of the molecule is CC(C)c1ccc(N(C)C(=O)CNC(=O)Cn2cnc3ccccc3c2=O)cc1. The van der Waals surface area contributed by atoms with Crippen molar-refractivity contribution in [3.63, 3.8) is 0 Å². The van der Waals surface area contributed by atoms with Gasteiger partial charge in [0.05, 0.1) is 23.8 Å². The summed E-state index contributed by atoms with van der Waals surface area (Å²) in [4.78, 5) is 42.7. The number of benzene rings is 2. The summed E-state index contributed by atoms with van der Waals surface area (Å²) in [5.41, 5.74) is 2.23. The van der Waals surface area contributed by atoms with Crippen molar-refractivity contribution in [3.8, 4) is 0 Å². The summed E-state index contributed by atoms with van der Waals surface area (Å²) in [6, 6.07) is 14.7. The molecule has 3 rings (SSSR count). The predicted molar refractivity (Wildman–Crippen MR) is 113 cm³/mol. The molecular formula is C22H24N4O3. The topological polar surface area (TPSA) is 84.3 Å². The number of rotatable bonds is 6. The van der Waals surface area contributed by atoms with Crippen LogP contribution in [0.3, 0.4) is 0 Å². The Morgan fingerprint density at radius 3 is 2.48 bits per heavy atom. The molecule has 7 nitrogen and oxygen atoms in total. The molecule has 1 heterocycles. The van der Waals surface area contributed by atoms with E-state index in [1.165, 1.54) is 21.4 Å². The molecule has 29 heavy (non-hydrogen) atoms. The molecule has 0 bridgehead atoms. The van der Waals surface area contributed by atoms with E-state index in [0.717, 1.165) is 5.69 Å². The maximum atomic E-state index is 12.4. The van der Waals surface area contributed by atoms with Crippen LogP contribution in [0.1, 0.15) is 25.3 Å². The lowest BCUT2D eigenvalue weighted by Crippen LogP contribution is -2.40. The van der Waals surface area contributed by atoms with Crippen molar-refractivity contribution in [2.45, 2.75) is 26.3 Å². The first-order chi connectivity index (χ1) is 13.9. The first-order valence-corrected chi connectivity index (χ1v) is 9.44. The molecule has 2 aromatic carbocycles. The van der Waals surface area contributed by atoms with Gasteiger partial charge in [0, 0.05) is 12.7 Å². The van der Waals surface area contributed by atoms with Crippen molar-refractivity contribution in [3.05, 3.63) is 70.8 Å². The molecule has 0 aliphatic rings. The fourth-order valence-corrected chi connectivity index (χ4v) is 2.95. The quantitative estimate of drug-likeness (QED) is 0.698. The number of aromatic nitrogens is 2. The van der Waals surface area contributed by atoms with Gasteiger partial charge >= 0.3 is 0 Å². The molecule has 2 amide bonds. The molecule has 0 saturated heterocycles. The van der Waals surface area contributed by atoms with Crippen molar-refractivity contribution >= 4 is 28.4 Å². The molecule has 0 unspecified atom stereocenters. The average Bonchev–Trinajstić information content (AvgIpc) is 2.73. The molecular weight excluding hydrogens is 368 g/mol. The number of anilines is 1. The monoisotopic (exact) mass is 392 g/mol. The lowest BCUT2D eigenvalue weighted by Gasteiger charge is -2.18. The standard InChI is InChI=1S/C22H24N4O3/c1-15(2)16-8-10-17(11-9-16)25(3)21(28)12-23-20(27)13-26-14-24-19-7-5-4-6-18(19)22(26)29/h4-11,14-15H,12-13H2,1-3H3,(H,23,27). The third kappa shape index (κ3) is 4.68. The summed E-state index contributed by atoms with van der Waals surface area (Å²) in [5, 5.41) is 3.02. The fraction of sp³-hybridized carbons (Fsp3) is 0.273. The Labute approximate surface area is 169 Å². The summed E-state index contributed by atoms with van der Waals surface area (Å²) in [5.74, 6) is -0.266. The third-order valence-corrected chi connectivity index (χ3v) is 4.80. The summed E-state index contributed by atoms with van der Waals surface area (Å²) < 4.78 is 1.23. The second-order valence-electron chi connectivity index (χ2n) is 7.17. The Hall–Kier alpha value is -3.48. The van der Waals surface area contributed by atoms with Crippen molar-refractivity contribution in [1.82, 2.24) is 14.9 Å². The molecule has 3 aromatic rings. The largest absolute Gasteiger partial charge is 0.345 e. The van der Waals surface area contributed by atoms with E-state index in [-0.39, 0.29) is 24.6 Å². The van der Waals surface area contributed by atoms with Gasteiger partial charge < -0.3 is 10.2 Å². The summed E-state index contributed by atoms with van der Waals surface area (Å²) >= 11 is 0. The van der Waals surface area contributed by atoms with Crippen LogP contribution in [0.5, 0.6) is 0 Å². The minimum atomic E-state index is -0.430. The van der Waals surface area contributed by atoms with Crippen LogP contribution in [0.15, 0.2) is 59.7 Å². The molecule has 7 heteroatoms. The average molecular weight is 392 g/mol. The van der Waals surface area contributed by atoms with Crippen LogP contribution >= 0.6 is 0 Å². The highest BCUT2D eigenvalue weighted by atomic mass is 16.2. The molecule has 0 radical (unpaired) electrons. The van der Waals surface area contributed by atoms with Crippen LogP contribution in [0.25, 0.3) is 10.9 Å². The number of hydrogen-bond donors (Lipinski definition) is 1. The highest BCUT2D eigenvalue weighted by Gasteiger charge is 2.14. The van der Waals surface area contributed by atoms with E-state index < -0.39 is 5.91 Å². The zero-order valence-corrected chi connectivity index (χ0v) is 16.8. The summed E-state index contributed by atoms with van der Waals surface area (Å²) in [7, 11) is 1.66. The number of likely N-dealkylation sites (N-methyl/N-ethyl adjacent to an activating group) is 1. The number of carbonyl (C=O) groups excluding carboxylic acids is 2. The summed E-state index contributed by atoms with van der Waals surface area (Å²) in [6.45, 7) is 3.86. The third-order valence-electron chi connectivity index (χ3n) is 4.80. The predicted octanol–water partition coefficient (Wildman–Crippen LogP) is 2.30. The van der Waals surface area contributed by atoms with Crippen LogP contribution in [0, 0.1) is 0 Å². The van der Waals surface area contributed by atoms with Crippen LogP contribution in [-0.4, -0.2) is 35.0 Å².